The molecule has 2 N–H and O–H groups in total. The fourth-order valence-electron chi connectivity index (χ4n) is 4.67. The van der Waals surface area contributed by atoms with Gasteiger partial charge in [0.1, 0.15) is 18.0 Å². The topological polar surface area (TPSA) is 117 Å². The van der Waals surface area contributed by atoms with Crippen LogP contribution in [-0.4, -0.2) is 34.5 Å². The molecule has 36 heavy (non-hydrogen) atoms. The van der Waals surface area contributed by atoms with E-state index < -0.39 is 23.1 Å². The maximum Gasteiger partial charge on any atom is 0.297 e. The number of fused-ring (bicyclic) bond motifs is 1. The third-order valence-corrected chi connectivity index (χ3v) is 6.66. The Bertz CT molecular complexity index is 1380. The molecule has 186 valence electrons. The lowest BCUT2D eigenvalue weighted by Crippen LogP contribution is -2.46. The first kappa shape index (κ1) is 23.7. The Labute approximate surface area is 208 Å². The summed E-state index contributed by atoms with van der Waals surface area (Å²) in [6.07, 6.45) is 0.956. The van der Waals surface area contributed by atoms with Crippen molar-refractivity contribution in [3.63, 3.8) is 0 Å². The van der Waals surface area contributed by atoms with E-state index in [0.717, 1.165) is 16.8 Å². The highest BCUT2D eigenvalue weighted by atomic mass is 16.5. The molecule has 9 nitrogen and oxygen atoms in total. The summed E-state index contributed by atoms with van der Waals surface area (Å²) in [6, 6.07) is 16.6. The van der Waals surface area contributed by atoms with Gasteiger partial charge in [-0.25, -0.2) is 4.98 Å². The quantitative estimate of drug-likeness (QED) is 0.511. The lowest BCUT2D eigenvalue weighted by atomic mass is 9.98. The van der Waals surface area contributed by atoms with Gasteiger partial charge in [-0.15, -0.1) is 0 Å². The van der Waals surface area contributed by atoms with Crippen molar-refractivity contribution in [2.75, 3.05) is 18.1 Å². The Morgan fingerprint density at radius 2 is 1.86 bits per heavy atom. The van der Waals surface area contributed by atoms with Crippen LogP contribution in [-0.2, 0) is 28.2 Å². The molecule has 0 spiro atoms. The molecule has 3 aromatic rings. The van der Waals surface area contributed by atoms with Crippen molar-refractivity contribution in [2.45, 2.75) is 44.9 Å². The van der Waals surface area contributed by atoms with Gasteiger partial charge in [-0.2, -0.15) is 0 Å². The molecule has 0 saturated carbocycles. The van der Waals surface area contributed by atoms with E-state index in [9.17, 15) is 14.4 Å². The number of rotatable bonds is 7. The second kappa shape index (κ2) is 9.23. The lowest BCUT2D eigenvalue weighted by Gasteiger charge is -2.38. The van der Waals surface area contributed by atoms with Crippen molar-refractivity contribution >= 4 is 17.5 Å². The summed E-state index contributed by atoms with van der Waals surface area (Å²) in [5, 5.41) is 0. The predicted octanol–water partition coefficient (Wildman–Crippen LogP) is 2.71. The predicted molar refractivity (Wildman–Crippen MR) is 133 cm³/mol. The number of para-hydroxylation sites is 1. The molecular formula is C27H28N4O5. The first-order valence-electron chi connectivity index (χ1n) is 11.9. The van der Waals surface area contributed by atoms with Crippen LogP contribution in [0.3, 0.4) is 0 Å². The number of anilines is 1. The highest BCUT2D eigenvalue weighted by Crippen LogP contribution is 2.35. The molecule has 9 heteroatoms. The van der Waals surface area contributed by atoms with E-state index in [1.165, 1.54) is 0 Å². The number of primary amides is 1. The average Bonchev–Trinajstić information content (AvgIpc) is 2.85. The number of nitrogens with two attached hydrogens (primary N) is 1. The van der Waals surface area contributed by atoms with Crippen LogP contribution in [0.2, 0.25) is 0 Å². The minimum absolute atomic E-state index is 0.0745. The number of β-lactam (4-membered cyclic amide) rings is 1. The van der Waals surface area contributed by atoms with Gasteiger partial charge in [0, 0.05) is 18.7 Å². The summed E-state index contributed by atoms with van der Waals surface area (Å²) >= 11 is 0. The zero-order chi connectivity index (χ0) is 25.4. The normalized spacial score (nSPS) is 18.3. The molecule has 3 heterocycles. The Morgan fingerprint density at radius 1 is 1.14 bits per heavy atom. The van der Waals surface area contributed by atoms with Crippen LogP contribution in [0.1, 0.15) is 53.7 Å². The number of hydrogen-bond donors (Lipinski definition) is 1. The molecule has 5 rings (SSSR count). The van der Waals surface area contributed by atoms with Gasteiger partial charge in [0.05, 0.1) is 12.6 Å². The fraction of sp³-hybridized carbons (Fsp3) is 0.333. The van der Waals surface area contributed by atoms with E-state index in [-0.39, 0.29) is 30.6 Å². The number of benzene rings is 2. The maximum atomic E-state index is 13.9. The highest BCUT2D eigenvalue weighted by Gasteiger charge is 2.39. The van der Waals surface area contributed by atoms with Crippen LogP contribution in [0.15, 0.2) is 59.4 Å². The van der Waals surface area contributed by atoms with Crippen molar-refractivity contribution in [3.8, 4) is 5.75 Å². The molecule has 1 aromatic heterocycles. The Balaban J connectivity index is 1.57. The largest absolute Gasteiger partial charge is 0.481 e. The van der Waals surface area contributed by atoms with Crippen LogP contribution < -0.4 is 20.9 Å². The summed E-state index contributed by atoms with van der Waals surface area (Å²) in [6.45, 7) is 4.59. The van der Waals surface area contributed by atoms with Gasteiger partial charge in [0.2, 0.25) is 11.7 Å². The molecule has 1 atom stereocenters. The number of hydrogen-bond acceptors (Lipinski definition) is 6. The Morgan fingerprint density at radius 3 is 2.53 bits per heavy atom. The van der Waals surface area contributed by atoms with Gasteiger partial charge in [-0.05, 0) is 37.5 Å². The van der Waals surface area contributed by atoms with Crippen LogP contribution in [0.4, 0.5) is 5.69 Å². The summed E-state index contributed by atoms with van der Waals surface area (Å²) in [5.41, 5.74) is 6.57. The Hall–Kier alpha value is -3.98. The Kier molecular flexibility index (Phi) is 6.09. The highest BCUT2D eigenvalue weighted by molar-refractivity contribution is 6.00. The van der Waals surface area contributed by atoms with E-state index in [1.54, 1.807) is 23.3 Å². The minimum Gasteiger partial charge on any atom is -0.481 e. The van der Waals surface area contributed by atoms with Gasteiger partial charge < -0.3 is 20.1 Å². The number of carbonyl (C=O) groups excluding carboxylic acids is 2. The van der Waals surface area contributed by atoms with Crippen molar-refractivity contribution < 1.29 is 19.1 Å². The third-order valence-electron chi connectivity index (χ3n) is 6.66. The van der Waals surface area contributed by atoms with Crippen LogP contribution >= 0.6 is 0 Å². The van der Waals surface area contributed by atoms with Crippen LogP contribution in [0.5, 0.6) is 5.75 Å². The first-order valence-corrected chi connectivity index (χ1v) is 11.9. The molecule has 2 aliphatic rings. The van der Waals surface area contributed by atoms with Gasteiger partial charge in [0.15, 0.2) is 5.69 Å². The molecule has 1 unspecified atom stereocenters. The SMILES string of the molecule is CC1(C)OCC(Cc2ccccc2N2CCC2=O)n2c1nc(C(N)=O)c(OCc1ccccc1)c2=O. The molecular weight excluding hydrogens is 460 g/mol. The lowest BCUT2D eigenvalue weighted by molar-refractivity contribution is -0.122. The van der Waals surface area contributed by atoms with Gasteiger partial charge in [0.25, 0.3) is 11.5 Å². The molecule has 0 aliphatic carbocycles. The fourth-order valence-corrected chi connectivity index (χ4v) is 4.67. The second-order valence-electron chi connectivity index (χ2n) is 9.53. The van der Waals surface area contributed by atoms with E-state index >= 15 is 0 Å². The van der Waals surface area contributed by atoms with Crippen molar-refractivity contribution in [1.29, 1.82) is 0 Å². The summed E-state index contributed by atoms with van der Waals surface area (Å²) < 4.78 is 13.5. The van der Waals surface area contributed by atoms with Crippen LogP contribution in [0.25, 0.3) is 0 Å². The van der Waals surface area contributed by atoms with Gasteiger partial charge in [-0.1, -0.05) is 48.5 Å². The summed E-state index contributed by atoms with van der Waals surface area (Å²) in [7, 11) is 0. The maximum absolute atomic E-state index is 13.9. The van der Waals surface area contributed by atoms with E-state index in [1.807, 2.05) is 54.6 Å². The van der Waals surface area contributed by atoms with Crippen molar-refractivity contribution in [2.24, 2.45) is 5.73 Å². The molecule has 1 fully saturated rings. The smallest absolute Gasteiger partial charge is 0.297 e. The van der Waals surface area contributed by atoms with Gasteiger partial charge in [-0.3, -0.25) is 19.0 Å². The second-order valence-corrected chi connectivity index (χ2v) is 9.53. The minimum atomic E-state index is -0.926. The monoisotopic (exact) mass is 488 g/mol. The number of nitrogens with zero attached hydrogens (tertiary/aromatic N) is 3. The average molecular weight is 489 g/mol. The van der Waals surface area contributed by atoms with E-state index in [0.29, 0.717) is 25.2 Å². The molecule has 0 radical (unpaired) electrons. The molecule has 2 aromatic carbocycles. The number of aromatic nitrogens is 2. The number of ether oxygens (including phenoxy) is 2. The van der Waals surface area contributed by atoms with E-state index in [2.05, 4.69) is 4.98 Å². The molecule has 2 aliphatic heterocycles. The zero-order valence-electron chi connectivity index (χ0n) is 20.3. The first-order chi connectivity index (χ1) is 17.3. The van der Waals surface area contributed by atoms with Crippen molar-refractivity contribution in [1.82, 2.24) is 9.55 Å². The standard InChI is InChI=1S/C27H28N4O5/c1-27(2)26-29-22(24(28)33)23(35-15-17-8-4-3-5-9-17)25(34)31(26)19(16-36-27)14-18-10-6-7-11-20(18)30-13-12-21(30)32/h3-11,19H,12-16H2,1-2H3,(H2,28,33). The molecule has 0 bridgehead atoms. The summed E-state index contributed by atoms with van der Waals surface area (Å²) in [4.78, 5) is 44.5. The third kappa shape index (κ3) is 4.26. The molecule has 2 amide bonds. The number of carbonyl (C=O) groups is 2. The zero-order valence-corrected chi connectivity index (χ0v) is 20.3. The summed E-state index contributed by atoms with van der Waals surface area (Å²) in [5.74, 6) is -0.644. The van der Waals surface area contributed by atoms with E-state index in [4.69, 9.17) is 15.2 Å². The van der Waals surface area contributed by atoms with Gasteiger partial charge >= 0.3 is 0 Å². The number of amides is 2. The van der Waals surface area contributed by atoms with Crippen LogP contribution in [0, 0.1) is 0 Å². The van der Waals surface area contributed by atoms with Crippen molar-refractivity contribution in [3.05, 3.63) is 87.6 Å². The molecule has 1 saturated heterocycles.